The van der Waals surface area contributed by atoms with Crippen LogP contribution in [0.25, 0.3) is 0 Å². The summed E-state index contributed by atoms with van der Waals surface area (Å²) in [6.45, 7) is 12.1. The molecule has 0 fully saturated rings. The van der Waals surface area contributed by atoms with E-state index in [1.807, 2.05) is 0 Å². The number of rotatable bonds is 7. The lowest BCUT2D eigenvalue weighted by molar-refractivity contribution is 0.0682. The Hall–Kier alpha value is -1.18. The summed E-state index contributed by atoms with van der Waals surface area (Å²) in [6, 6.07) is 1.54. The summed E-state index contributed by atoms with van der Waals surface area (Å²) in [4.78, 5) is 11.2. The largest absolute Gasteiger partial charge is 0.477 e. The van der Waals surface area contributed by atoms with Gasteiger partial charge in [-0.25, -0.2) is 4.79 Å². The molecule has 0 aliphatic rings. The monoisotopic (exact) mass is 314 g/mol. The van der Waals surface area contributed by atoms with Crippen molar-refractivity contribution in [3.8, 4) is 0 Å². The van der Waals surface area contributed by atoms with Crippen LogP contribution in [0.3, 0.4) is 0 Å². The Bertz CT molecular complexity index is 492. The molecule has 1 aromatic heterocycles. The first-order chi connectivity index (χ1) is 9.58. The Labute approximate surface area is 127 Å². The lowest BCUT2D eigenvalue weighted by Crippen LogP contribution is -2.41. The van der Waals surface area contributed by atoms with Crippen LogP contribution in [0.4, 0.5) is 0 Å². The van der Waals surface area contributed by atoms with Gasteiger partial charge < -0.3 is 14.3 Å². The number of aromatic nitrogens is 2. The number of hydrogen-bond acceptors (Lipinski definition) is 4. The van der Waals surface area contributed by atoms with E-state index < -0.39 is 14.3 Å². The number of carboxylic acids is 1. The van der Waals surface area contributed by atoms with Crippen molar-refractivity contribution in [1.29, 1.82) is 0 Å². The Kier molecular flexibility index (Phi) is 5.72. The summed E-state index contributed by atoms with van der Waals surface area (Å²) >= 11 is 0. The second-order valence-electron chi connectivity index (χ2n) is 6.59. The first-order valence-electron chi connectivity index (χ1n) is 7.01. The van der Waals surface area contributed by atoms with Crippen molar-refractivity contribution in [2.45, 2.75) is 52.1 Å². The lowest BCUT2D eigenvalue weighted by Gasteiger charge is -2.36. The molecule has 0 spiro atoms. The molecule has 1 heterocycles. The number of nitrogens with zero attached hydrogens (tertiary/aromatic N) is 2. The van der Waals surface area contributed by atoms with Gasteiger partial charge in [0.25, 0.3) is 0 Å². The number of hydrogen-bond donors (Lipinski definition) is 1. The third-order valence-electron chi connectivity index (χ3n) is 3.91. The molecule has 0 saturated heterocycles. The van der Waals surface area contributed by atoms with E-state index in [-0.39, 0.29) is 10.7 Å². The van der Waals surface area contributed by atoms with Crippen LogP contribution in [0.5, 0.6) is 0 Å². The topological polar surface area (TPSA) is 73.6 Å². The Morgan fingerprint density at radius 2 is 2.05 bits per heavy atom. The van der Waals surface area contributed by atoms with Crippen molar-refractivity contribution in [1.82, 2.24) is 9.78 Å². The fourth-order valence-corrected chi connectivity index (χ4v) is 2.67. The highest BCUT2D eigenvalue weighted by Crippen LogP contribution is 2.36. The zero-order chi connectivity index (χ0) is 16.3. The molecule has 21 heavy (non-hydrogen) atoms. The van der Waals surface area contributed by atoms with Gasteiger partial charge in [0.1, 0.15) is 5.69 Å². The molecule has 1 N–H and O–H groups in total. The van der Waals surface area contributed by atoms with Crippen molar-refractivity contribution in [3.63, 3.8) is 0 Å². The molecule has 7 heteroatoms. The zero-order valence-electron chi connectivity index (χ0n) is 13.8. The fraction of sp³-hybridized carbons (Fsp3) is 0.714. The molecule has 0 saturated carbocycles. The lowest BCUT2D eigenvalue weighted by atomic mass is 10.2. The van der Waals surface area contributed by atoms with Gasteiger partial charge in [-0.15, -0.1) is 0 Å². The van der Waals surface area contributed by atoms with Crippen LogP contribution in [-0.2, 0) is 22.3 Å². The Balaban J connectivity index is 2.73. The minimum Gasteiger partial charge on any atom is -0.477 e. The molecule has 0 radical (unpaired) electrons. The van der Waals surface area contributed by atoms with Crippen LogP contribution in [0.2, 0.25) is 18.1 Å². The highest BCUT2D eigenvalue weighted by atomic mass is 28.4. The summed E-state index contributed by atoms with van der Waals surface area (Å²) in [5, 5.41) is 13.6. The quantitative estimate of drug-likeness (QED) is 0.783. The van der Waals surface area contributed by atoms with Crippen LogP contribution < -0.4 is 0 Å². The number of aromatic carboxylic acids is 1. The highest BCUT2D eigenvalue weighted by molar-refractivity contribution is 6.74. The molecule has 0 bridgehead atoms. The van der Waals surface area contributed by atoms with E-state index in [4.69, 9.17) is 9.16 Å². The van der Waals surface area contributed by atoms with Gasteiger partial charge in [-0.1, -0.05) is 20.8 Å². The van der Waals surface area contributed by atoms with Gasteiger partial charge in [-0.3, -0.25) is 4.68 Å². The van der Waals surface area contributed by atoms with Crippen LogP contribution in [0, 0.1) is 0 Å². The molecule has 0 atom stereocenters. The number of carbonyl (C=O) groups is 1. The second kappa shape index (κ2) is 6.72. The molecular weight excluding hydrogens is 288 g/mol. The molecule has 0 aliphatic heterocycles. The van der Waals surface area contributed by atoms with Gasteiger partial charge in [-0.2, -0.15) is 5.10 Å². The van der Waals surface area contributed by atoms with Gasteiger partial charge in [0.2, 0.25) is 0 Å². The number of carboxylic acid groups (broad SMARTS) is 1. The molecule has 120 valence electrons. The summed E-state index contributed by atoms with van der Waals surface area (Å²) in [5.41, 5.74) is 0.781. The van der Waals surface area contributed by atoms with Gasteiger partial charge >= 0.3 is 5.97 Å². The predicted molar refractivity (Wildman–Crippen MR) is 83.0 cm³/mol. The van der Waals surface area contributed by atoms with Crippen molar-refractivity contribution < 1.29 is 19.1 Å². The smallest absolute Gasteiger partial charge is 0.354 e. The normalized spacial score (nSPS) is 12.7. The Morgan fingerprint density at radius 3 is 2.52 bits per heavy atom. The molecule has 0 aliphatic carbocycles. The minimum absolute atomic E-state index is 0.133. The zero-order valence-corrected chi connectivity index (χ0v) is 14.8. The maximum Gasteiger partial charge on any atom is 0.354 e. The summed E-state index contributed by atoms with van der Waals surface area (Å²) in [7, 11) is -0.269. The molecule has 0 aromatic carbocycles. The van der Waals surface area contributed by atoms with Gasteiger partial charge in [0.15, 0.2) is 8.32 Å². The standard InChI is InChI=1S/C14H26N2O4Si/c1-14(2,3)21(5,6)20-8-7-16-12(13(17)18)9-11(15-16)10-19-4/h9H,7-8,10H2,1-6H3,(H,17,18). The number of ether oxygens (including phenoxy) is 1. The van der Waals surface area contributed by atoms with Gasteiger partial charge in [-0.05, 0) is 24.2 Å². The SMILES string of the molecule is COCc1cc(C(=O)O)n(CCO[Si](C)(C)C(C)(C)C)n1. The van der Waals surface area contributed by atoms with Crippen molar-refractivity contribution in [2.75, 3.05) is 13.7 Å². The van der Waals surface area contributed by atoms with Crippen LogP contribution >= 0.6 is 0 Å². The first-order valence-corrected chi connectivity index (χ1v) is 9.92. The van der Waals surface area contributed by atoms with Gasteiger partial charge in [0.05, 0.1) is 25.5 Å². The van der Waals surface area contributed by atoms with Crippen molar-refractivity contribution in [3.05, 3.63) is 17.5 Å². The van der Waals surface area contributed by atoms with E-state index >= 15 is 0 Å². The van der Waals surface area contributed by atoms with Crippen LogP contribution in [0.1, 0.15) is 37.0 Å². The van der Waals surface area contributed by atoms with Gasteiger partial charge in [0, 0.05) is 7.11 Å². The second-order valence-corrected chi connectivity index (χ2v) is 11.4. The average molecular weight is 314 g/mol. The molecule has 0 amide bonds. The molecule has 1 aromatic rings. The van der Waals surface area contributed by atoms with Crippen molar-refractivity contribution >= 4 is 14.3 Å². The molecule has 1 rings (SSSR count). The maximum atomic E-state index is 11.2. The van der Waals surface area contributed by atoms with E-state index in [2.05, 4.69) is 39.0 Å². The average Bonchev–Trinajstić information content (AvgIpc) is 2.71. The third kappa shape index (κ3) is 4.65. The van der Waals surface area contributed by atoms with Crippen LogP contribution in [0.15, 0.2) is 6.07 Å². The van der Waals surface area contributed by atoms with E-state index in [1.165, 1.54) is 10.7 Å². The molecular formula is C14H26N2O4Si. The van der Waals surface area contributed by atoms with E-state index in [0.29, 0.717) is 25.5 Å². The summed E-state index contributed by atoms with van der Waals surface area (Å²) < 4.78 is 12.5. The predicted octanol–water partition coefficient (Wildman–Crippen LogP) is 2.75. The molecule has 0 unspecified atom stereocenters. The minimum atomic E-state index is -1.82. The first kappa shape index (κ1) is 17.9. The summed E-state index contributed by atoms with van der Waals surface area (Å²) in [6.07, 6.45) is 0. The third-order valence-corrected chi connectivity index (χ3v) is 8.45. The van der Waals surface area contributed by atoms with E-state index in [9.17, 15) is 9.90 Å². The van der Waals surface area contributed by atoms with E-state index in [0.717, 1.165) is 0 Å². The highest BCUT2D eigenvalue weighted by Gasteiger charge is 2.36. The Morgan fingerprint density at radius 1 is 1.43 bits per heavy atom. The van der Waals surface area contributed by atoms with Crippen molar-refractivity contribution in [2.24, 2.45) is 0 Å². The number of methoxy groups -OCH3 is 1. The maximum absolute atomic E-state index is 11.2. The van der Waals surface area contributed by atoms with Crippen LogP contribution in [-0.4, -0.2) is 42.9 Å². The summed E-state index contributed by atoms with van der Waals surface area (Å²) in [5.74, 6) is -0.989. The van der Waals surface area contributed by atoms with E-state index in [1.54, 1.807) is 7.11 Å². The molecule has 6 nitrogen and oxygen atoms in total. The fourth-order valence-electron chi connectivity index (χ4n) is 1.63.